The Morgan fingerprint density at radius 2 is 1.69 bits per heavy atom. The van der Waals surface area contributed by atoms with Crippen molar-refractivity contribution in [3.8, 4) is 11.5 Å². The molecule has 1 aromatic heterocycles. The number of alkyl halides is 5. The van der Waals surface area contributed by atoms with E-state index in [1.807, 2.05) is 11.9 Å². The first-order valence-corrected chi connectivity index (χ1v) is 18.9. The molecule has 1 atom stereocenters. The highest BCUT2D eigenvalue weighted by Gasteiger charge is 2.38. The molecule has 2 heterocycles. The smallest absolute Gasteiger partial charge is 0.418 e. The highest BCUT2D eigenvalue weighted by atomic mass is 35.5. The molecular formula is C34H37Cl2F5N4O6S. The van der Waals surface area contributed by atoms with E-state index < -0.39 is 46.1 Å². The van der Waals surface area contributed by atoms with Crippen LogP contribution in [0.25, 0.3) is 0 Å². The summed E-state index contributed by atoms with van der Waals surface area (Å²) in [5.41, 5.74) is -1.82. The number of carbonyl (C=O) groups excluding carboxylic acids is 1. The van der Waals surface area contributed by atoms with Crippen LogP contribution in [-0.4, -0.2) is 95.0 Å². The van der Waals surface area contributed by atoms with Crippen molar-refractivity contribution in [2.75, 3.05) is 63.5 Å². The molecule has 0 radical (unpaired) electrons. The number of pyridine rings is 1. The molecule has 1 unspecified atom stereocenters. The van der Waals surface area contributed by atoms with Gasteiger partial charge in [0.2, 0.25) is 10.0 Å². The number of hydrogen-bond acceptors (Lipinski definition) is 9. The number of likely N-dealkylation sites (N-methyl/N-ethyl adjacent to an activating group) is 1. The van der Waals surface area contributed by atoms with Gasteiger partial charge >= 0.3 is 18.8 Å². The molecule has 3 aromatic rings. The predicted octanol–water partition coefficient (Wildman–Crippen LogP) is 6.95. The number of aromatic nitrogens is 1. The average molecular weight is 796 g/mol. The minimum absolute atomic E-state index is 0.0429. The Hall–Kier alpha value is -3.44. The van der Waals surface area contributed by atoms with Crippen molar-refractivity contribution in [3.63, 3.8) is 0 Å². The maximum absolute atomic E-state index is 14.3. The van der Waals surface area contributed by atoms with Crippen molar-refractivity contribution in [2.45, 2.75) is 38.2 Å². The topological polar surface area (TPSA) is 102 Å². The van der Waals surface area contributed by atoms with Crippen LogP contribution < -0.4 is 13.8 Å². The molecule has 0 N–H and O–H groups in total. The fraction of sp³-hybridized carbons (Fsp3) is 0.471. The van der Waals surface area contributed by atoms with E-state index in [-0.39, 0.29) is 64.7 Å². The molecule has 1 aliphatic heterocycles. The van der Waals surface area contributed by atoms with Crippen LogP contribution in [0.5, 0.6) is 11.5 Å². The first-order chi connectivity index (χ1) is 24.5. The zero-order valence-electron chi connectivity index (χ0n) is 28.2. The lowest BCUT2D eigenvalue weighted by Gasteiger charge is -2.34. The Morgan fingerprint density at radius 3 is 2.29 bits per heavy atom. The van der Waals surface area contributed by atoms with Crippen LogP contribution in [0.4, 0.5) is 27.6 Å². The largest absolute Gasteiger partial charge is 0.489 e. The number of ether oxygens (including phenoxy) is 3. The fourth-order valence-electron chi connectivity index (χ4n) is 5.64. The van der Waals surface area contributed by atoms with Crippen LogP contribution >= 0.6 is 23.2 Å². The summed E-state index contributed by atoms with van der Waals surface area (Å²) in [6, 6.07) is 6.31. The van der Waals surface area contributed by atoms with Gasteiger partial charge in [0, 0.05) is 58.1 Å². The van der Waals surface area contributed by atoms with Gasteiger partial charge in [0.05, 0.1) is 39.7 Å². The van der Waals surface area contributed by atoms with E-state index in [9.17, 15) is 35.2 Å². The van der Waals surface area contributed by atoms with Crippen molar-refractivity contribution >= 4 is 44.9 Å². The molecule has 10 nitrogen and oxygen atoms in total. The number of hydrogen-bond donors (Lipinski definition) is 0. The number of piperazine rings is 1. The van der Waals surface area contributed by atoms with Crippen LogP contribution in [0.2, 0.25) is 10.0 Å². The minimum atomic E-state index is -4.97. The van der Waals surface area contributed by atoms with Crippen LogP contribution in [0.3, 0.4) is 0 Å². The van der Waals surface area contributed by atoms with E-state index in [0.29, 0.717) is 42.1 Å². The molecule has 1 aliphatic carbocycles. The van der Waals surface area contributed by atoms with Crippen LogP contribution in [-0.2, 0) is 27.4 Å². The van der Waals surface area contributed by atoms with Gasteiger partial charge in [-0.25, -0.2) is 13.2 Å². The number of esters is 1. The third kappa shape index (κ3) is 10.6. The van der Waals surface area contributed by atoms with E-state index >= 15 is 0 Å². The Labute approximate surface area is 308 Å². The summed E-state index contributed by atoms with van der Waals surface area (Å²) >= 11 is 12.8. The van der Waals surface area contributed by atoms with Gasteiger partial charge in [-0.15, -0.1) is 0 Å². The van der Waals surface area contributed by atoms with Crippen molar-refractivity contribution in [2.24, 2.45) is 5.92 Å². The number of halogens is 7. The lowest BCUT2D eigenvalue weighted by molar-refractivity contribution is -0.137. The number of rotatable bonds is 15. The molecule has 2 fully saturated rings. The van der Waals surface area contributed by atoms with E-state index in [4.69, 9.17) is 32.7 Å². The zero-order chi connectivity index (χ0) is 37.8. The molecule has 2 aliphatic rings. The van der Waals surface area contributed by atoms with Gasteiger partial charge < -0.3 is 19.1 Å². The fourth-order valence-corrected chi connectivity index (χ4v) is 7.08. The first kappa shape index (κ1) is 39.8. The first-order valence-electron chi connectivity index (χ1n) is 16.3. The van der Waals surface area contributed by atoms with E-state index in [1.165, 1.54) is 30.6 Å². The second-order valence-corrected chi connectivity index (χ2v) is 15.4. The monoisotopic (exact) mass is 794 g/mol. The van der Waals surface area contributed by atoms with Gasteiger partial charge in [0.15, 0.2) is 11.5 Å². The second kappa shape index (κ2) is 16.7. The van der Waals surface area contributed by atoms with Gasteiger partial charge in [-0.05, 0) is 67.3 Å². The Kier molecular flexibility index (Phi) is 12.8. The molecule has 0 bridgehead atoms. The number of anilines is 1. The van der Waals surface area contributed by atoms with Crippen LogP contribution in [0.15, 0.2) is 48.8 Å². The molecule has 284 valence electrons. The normalized spacial score (nSPS) is 16.5. The Bertz CT molecular complexity index is 1820. The third-order valence-corrected chi connectivity index (χ3v) is 10.6. The maximum Gasteiger partial charge on any atom is 0.418 e. The van der Waals surface area contributed by atoms with Gasteiger partial charge in [0.1, 0.15) is 6.10 Å². The highest BCUT2D eigenvalue weighted by Crippen LogP contribution is 2.40. The van der Waals surface area contributed by atoms with Crippen LogP contribution in [0, 0.1) is 5.92 Å². The van der Waals surface area contributed by atoms with Crippen molar-refractivity contribution in [1.29, 1.82) is 0 Å². The van der Waals surface area contributed by atoms with Crippen molar-refractivity contribution in [3.05, 3.63) is 81.1 Å². The summed E-state index contributed by atoms with van der Waals surface area (Å²) in [5, 5.41) is 0.245. The van der Waals surface area contributed by atoms with E-state index in [0.717, 1.165) is 31.2 Å². The number of carbonyl (C=O) groups is 1. The molecule has 52 heavy (non-hydrogen) atoms. The molecule has 5 rings (SSSR count). The summed E-state index contributed by atoms with van der Waals surface area (Å²) < 4.78 is 112. The van der Waals surface area contributed by atoms with Gasteiger partial charge in [-0.3, -0.25) is 14.2 Å². The van der Waals surface area contributed by atoms with E-state index in [2.05, 4.69) is 14.6 Å². The lowest BCUT2D eigenvalue weighted by atomic mass is 10.0. The maximum atomic E-state index is 14.3. The SMILES string of the molecule is CN1CCN(CCN(c2cc(C(=O)OC(Cc3c(Cl)cncc3Cl)c3ccc(OC(F)F)c(OCC4CC4)c3)ccc2C(F)(F)F)S(C)(=O)=O)CC1. The summed E-state index contributed by atoms with van der Waals surface area (Å²) in [7, 11) is -2.33. The minimum Gasteiger partial charge on any atom is -0.489 e. The average Bonchev–Trinajstić information content (AvgIpc) is 3.90. The molecule has 0 spiro atoms. The second-order valence-electron chi connectivity index (χ2n) is 12.7. The van der Waals surface area contributed by atoms with Crippen molar-refractivity contribution in [1.82, 2.24) is 14.8 Å². The summed E-state index contributed by atoms with van der Waals surface area (Å²) in [5.74, 6) is -1.16. The predicted molar refractivity (Wildman–Crippen MR) is 185 cm³/mol. The van der Waals surface area contributed by atoms with Gasteiger partial charge in [-0.1, -0.05) is 29.3 Å². The Balaban J connectivity index is 1.50. The highest BCUT2D eigenvalue weighted by molar-refractivity contribution is 7.92. The molecule has 18 heteroatoms. The number of benzene rings is 2. The number of nitrogens with zero attached hydrogens (tertiary/aromatic N) is 4. The molecule has 1 saturated heterocycles. The van der Waals surface area contributed by atoms with Gasteiger partial charge in [0.25, 0.3) is 0 Å². The lowest BCUT2D eigenvalue weighted by Crippen LogP contribution is -2.47. The quantitative estimate of drug-likeness (QED) is 0.120. The summed E-state index contributed by atoms with van der Waals surface area (Å²) in [6.45, 7) is -0.456. The molecule has 1 saturated carbocycles. The summed E-state index contributed by atoms with van der Waals surface area (Å²) in [6.07, 6.45) is -1.14. The summed E-state index contributed by atoms with van der Waals surface area (Å²) in [4.78, 5) is 21.8. The third-order valence-electron chi connectivity index (χ3n) is 8.74. The molecular weight excluding hydrogens is 758 g/mol. The van der Waals surface area contributed by atoms with Gasteiger partial charge in [-0.2, -0.15) is 22.0 Å². The van der Waals surface area contributed by atoms with Crippen molar-refractivity contribution < 1.29 is 49.4 Å². The zero-order valence-corrected chi connectivity index (χ0v) is 30.5. The number of sulfonamides is 1. The molecule has 0 amide bonds. The van der Waals surface area contributed by atoms with E-state index in [1.54, 1.807) is 0 Å². The molecule has 2 aromatic carbocycles. The standard InChI is InChI=1S/C34H37Cl2F5N4O6S/c1-43-9-11-44(12-10-43)13-14-45(52(2,47)48)28-15-23(5-7-25(28)34(39,40)41)32(46)50-30(17-24-26(35)18-42-19-27(24)36)22-6-8-29(51-33(37)38)31(16-22)49-20-21-3-4-21/h5-8,15-16,18-19,21,30,33H,3-4,9-14,17,20H2,1-2H3. The Morgan fingerprint density at radius 1 is 1.02 bits per heavy atom. The van der Waals surface area contributed by atoms with Crippen LogP contribution in [0.1, 0.15) is 46.0 Å².